The number of rotatable bonds is 4. The number of benzene rings is 1. The quantitative estimate of drug-likeness (QED) is 0.682. The summed E-state index contributed by atoms with van der Waals surface area (Å²) in [4.78, 5) is 38.2. The van der Waals surface area contributed by atoms with Crippen molar-refractivity contribution in [3.05, 3.63) is 48.0 Å². The molecule has 5 nitrogen and oxygen atoms in total. The lowest BCUT2D eigenvalue weighted by atomic mass is 9.85. The molecule has 1 saturated carbocycles. The zero-order valence-corrected chi connectivity index (χ0v) is 12.5. The molecule has 0 unspecified atom stereocenters. The van der Waals surface area contributed by atoms with Crippen LogP contribution in [0.5, 0.6) is 0 Å². The Hall–Kier alpha value is -2.43. The van der Waals surface area contributed by atoms with E-state index in [1.807, 2.05) is 18.2 Å². The van der Waals surface area contributed by atoms with Crippen molar-refractivity contribution in [1.82, 2.24) is 4.90 Å². The van der Waals surface area contributed by atoms with E-state index in [1.54, 1.807) is 24.3 Å². The molecule has 5 heteroatoms. The summed E-state index contributed by atoms with van der Waals surface area (Å²) in [7, 11) is 0. The van der Waals surface area contributed by atoms with Crippen LogP contribution in [-0.2, 0) is 14.4 Å². The Bertz CT molecular complexity index is 681. The topological polar surface area (TPSA) is 74.7 Å². The van der Waals surface area contributed by atoms with Crippen molar-refractivity contribution >= 4 is 17.8 Å². The number of imide groups is 1. The summed E-state index contributed by atoms with van der Waals surface area (Å²) in [6.45, 7) is 0. The smallest absolute Gasteiger partial charge is 0.305 e. The number of hydrogen-bond acceptors (Lipinski definition) is 3. The summed E-state index contributed by atoms with van der Waals surface area (Å²) in [5.74, 6) is -1.74. The van der Waals surface area contributed by atoms with Crippen molar-refractivity contribution in [3.8, 4) is 0 Å². The highest BCUT2D eigenvalue weighted by atomic mass is 16.4. The van der Waals surface area contributed by atoms with Crippen LogP contribution in [0, 0.1) is 23.7 Å². The minimum absolute atomic E-state index is 0.132. The van der Waals surface area contributed by atoms with Crippen LogP contribution < -0.4 is 0 Å². The highest BCUT2D eigenvalue weighted by molar-refractivity contribution is 6.07. The van der Waals surface area contributed by atoms with Gasteiger partial charge in [-0.15, -0.1) is 0 Å². The number of likely N-dealkylation sites (tertiary alicyclic amines) is 1. The number of carbonyl (C=O) groups is 3. The molecule has 1 aromatic rings. The highest BCUT2D eigenvalue weighted by Gasteiger charge is 2.60. The molecule has 0 spiro atoms. The first-order valence-corrected chi connectivity index (χ1v) is 7.90. The molecule has 0 radical (unpaired) electrons. The van der Waals surface area contributed by atoms with Gasteiger partial charge in [0.15, 0.2) is 0 Å². The third-order valence-electron chi connectivity index (χ3n) is 5.37. The number of carboxylic acid groups (broad SMARTS) is 1. The minimum atomic E-state index is -1.02. The summed E-state index contributed by atoms with van der Waals surface area (Å²) in [6, 6.07) is 8.24. The van der Waals surface area contributed by atoms with Crippen LogP contribution in [0.3, 0.4) is 0 Å². The molecular weight excluding hydrogens is 294 g/mol. The number of amides is 2. The van der Waals surface area contributed by atoms with Gasteiger partial charge in [-0.3, -0.25) is 19.3 Å². The Morgan fingerprint density at radius 1 is 1.09 bits per heavy atom. The predicted molar refractivity (Wildman–Crippen MR) is 81.0 cm³/mol. The van der Waals surface area contributed by atoms with Crippen molar-refractivity contribution in [1.29, 1.82) is 0 Å². The van der Waals surface area contributed by atoms with Crippen LogP contribution in [0.4, 0.5) is 0 Å². The predicted octanol–water partition coefficient (Wildman–Crippen LogP) is 2.01. The van der Waals surface area contributed by atoms with Gasteiger partial charge in [0, 0.05) is 0 Å². The summed E-state index contributed by atoms with van der Waals surface area (Å²) in [6.07, 6.45) is 4.68. The van der Waals surface area contributed by atoms with Gasteiger partial charge in [-0.05, 0) is 23.8 Å². The Balaban J connectivity index is 1.71. The molecule has 1 aliphatic heterocycles. The highest BCUT2D eigenvalue weighted by Crippen LogP contribution is 2.54. The maximum Gasteiger partial charge on any atom is 0.305 e. The molecule has 1 heterocycles. The molecule has 1 saturated heterocycles. The number of allylic oxidation sites excluding steroid dienone is 2. The van der Waals surface area contributed by atoms with Crippen molar-refractivity contribution < 1.29 is 19.5 Å². The fraction of sp³-hybridized carbons (Fsp3) is 0.389. The molecule has 4 rings (SSSR count). The number of aliphatic carboxylic acids is 1. The van der Waals surface area contributed by atoms with E-state index >= 15 is 0 Å². The Kier molecular flexibility index (Phi) is 3.11. The molecule has 2 bridgehead atoms. The third-order valence-corrected chi connectivity index (χ3v) is 5.37. The van der Waals surface area contributed by atoms with Crippen molar-refractivity contribution in [2.45, 2.75) is 18.9 Å². The maximum absolute atomic E-state index is 12.9. The molecule has 2 fully saturated rings. The number of nitrogens with zero attached hydrogens (tertiary/aromatic N) is 1. The summed E-state index contributed by atoms with van der Waals surface area (Å²) in [5, 5.41) is 9.24. The van der Waals surface area contributed by atoms with Gasteiger partial charge >= 0.3 is 5.97 Å². The second-order valence-electron chi connectivity index (χ2n) is 6.57. The molecule has 23 heavy (non-hydrogen) atoms. The van der Waals surface area contributed by atoms with E-state index < -0.39 is 12.0 Å². The number of hydrogen-bond donors (Lipinski definition) is 1. The lowest BCUT2D eigenvalue weighted by Crippen LogP contribution is -2.37. The van der Waals surface area contributed by atoms with E-state index in [0.29, 0.717) is 5.56 Å². The average molecular weight is 311 g/mol. The molecule has 0 aromatic heterocycles. The second-order valence-corrected chi connectivity index (χ2v) is 6.57. The largest absolute Gasteiger partial charge is 0.481 e. The molecular formula is C18H17NO4. The fourth-order valence-corrected chi connectivity index (χ4v) is 4.43. The lowest BCUT2D eigenvalue weighted by molar-refractivity contribution is -0.146. The molecule has 2 amide bonds. The normalized spacial score (nSPS) is 32.4. The number of carbonyl (C=O) groups excluding carboxylic acids is 2. The molecule has 1 aromatic carbocycles. The van der Waals surface area contributed by atoms with E-state index in [2.05, 4.69) is 0 Å². The van der Waals surface area contributed by atoms with Crippen LogP contribution in [0.1, 0.15) is 24.4 Å². The maximum atomic E-state index is 12.9. The Labute approximate surface area is 133 Å². The van der Waals surface area contributed by atoms with Crippen molar-refractivity contribution in [2.75, 3.05) is 0 Å². The molecule has 5 atom stereocenters. The zero-order chi connectivity index (χ0) is 16.1. The Morgan fingerprint density at radius 3 is 2.17 bits per heavy atom. The molecule has 3 aliphatic rings. The van der Waals surface area contributed by atoms with Crippen LogP contribution >= 0.6 is 0 Å². The zero-order valence-electron chi connectivity index (χ0n) is 12.5. The van der Waals surface area contributed by atoms with E-state index in [4.69, 9.17) is 0 Å². The third kappa shape index (κ3) is 2.03. The Morgan fingerprint density at radius 2 is 1.65 bits per heavy atom. The monoisotopic (exact) mass is 311 g/mol. The first kappa shape index (κ1) is 14.2. The first-order chi connectivity index (χ1) is 11.1. The number of fused-ring (bicyclic) bond motifs is 5. The van der Waals surface area contributed by atoms with Crippen molar-refractivity contribution in [3.63, 3.8) is 0 Å². The van der Waals surface area contributed by atoms with Crippen LogP contribution in [0.25, 0.3) is 0 Å². The van der Waals surface area contributed by atoms with Crippen LogP contribution in [-0.4, -0.2) is 27.8 Å². The fourth-order valence-electron chi connectivity index (χ4n) is 4.43. The van der Waals surface area contributed by atoms with Gasteiger partial charge in [0.1, 0.15) is 0 Å². The van der Waals surface area contributed by atoms with E-state index in [1.165, 1.54) is 4.90 Å². The average Bonchev–Trinajstić information content (AvgIpc) is 3.20. The minimum Gasteiger partial charge on any atom is -0.481 e. The summed E-state index contributed by atoms with van der Waals surface area (Å²) in [5.41, 5.74) is 0.692. The van der Waals surface area contributed by atoms with Gasteiger partial charge in [0.2, 0.25) is 11.8 Å². The first-order valence-electron chi connectivity index (χ1n) is 7.90. The van der Waals surface area contributed by atoms with Gasteiger partial charge in [-0.25, -0.2) is 0 Å². The van der Waals surface area contributed by atoms with Crippen LogP contribution in [0.15, 0.2) is 42.5 Å². The van der Waals surface area contributed by atoms with Crippen LogP contribution in [0.2, 0.25) is 0 Å². The van der Waals surface area contributed by atoms with E-state index in [0.717, 1.165) is 6.42 Å². The standard InChI is InChI=1S/C18H17NO4/c20-14(21)9-13(10-4-2-1-3-5-10)19-17(22)15-11-6-7-12(8-11)16(15)18(19)23/h1-7,11-13,15-16H,8-9H2,(H,20,21)/t11-,12-,13+,15+,16+/m0/s1. The SMILES string of the molecule is O=C(O)C[C@H](c1ccccc1)N1C(=O)[C@H]2[C@H](C1=O)[C@H]1C=C[C@H]2C1. The van der Waals surface area contributed by atoms with Gasteiger partial charge in [0.25, 0.3) is 0 Å². The number of carboxylic acids is 1. The summed E-state index contributed by atoms with van der Waals surface area (Å²) < 4.78 is 0. The van der Waals surface area contributed by atoms with Gasteiger partial charge < -0.3 is 5.11 Å². The van der Waals surface area contributed by atoms with E-state index in [9.17, 15) is 19.5 Å². The van der Waals surface area contributed by atoms with E-state index in [-0.39, 0.29) is 41.9 Å². The molecule has 118 valence electrons. The van der Waals surface area contributed by atoms with Gasteiger partial charge in [0.05, 0.1) is 24.3 Å². The van der Waals surface area contributed by atoms with Crippen molar-refractivity contribution in [2.24, 2.45) is 23.7 Å². The van der Waals surface area contributed by atoms with Gasteiger partial charge in [-0.1, -0.05) is 42.5 Å². The lowest BCUT2D eigenvalue weighted by Gasteiger charge is -2.27. The van der Waals surface area contributed by atoms with Gasteiger partial charge in [-0.2, -0.15) is 0 Å². The molecule has 2 aliphatic carbocycles. The summed E-state index contributed by atoms with van der Waals surface area (Å²) >= 11 is 0. The second kappa shape index (κ2) is 5.05. The molecule has 1 N–H and O–H groups in total.